The van der Waals surface area contributed by atoms with Crippen LogP contribution in [0.4, 0.5) is 0 Å². The Hall–Kier alpha value is -2.18. The Balaban J connectivity index is 1.68. The van der Waals surface area contributed by atoms with Crippen LogP contribution < -0.4 is 0 Å². The highest BCUT2D eigenvalue weighted by Gasteiger charge is 2.43. The van der Waals surface area contributed by atoms with Crippen molar-refractivity contribution in [3.8, 4) is 0 Å². The van der Waals surface area contributed by atoms with Gasteiger partial charge < -0.3 is 4.74 Å². The lowest BCUT2D eigenvalue weighted by Gasteiger charge is -2.28. The van der Waals surface area contributed by atoms with E-state index in [4.69, 9.17) is 16.3 Å². The molecule has 30 heavy (non-hydrogen) atoms. The highest BCUT2D eigenvalue weighted by Crippen LogP contribution is 2.31. The van der Waals surface area contributed by atoms with Crippen LogP contribution in [0.3, 0.4) is 0 Å². The van der Waals surface area contributed by atoms with Crippen molar-refractivity contribution in [1.29, 1.82) is 0 Å². The first-order valence-corrected chi connectivity index (χ1v) is 11.8. The largest absolute Gasteiger partial charge is 0.360 e. The number of rotatable bonds is 6. The van der Waals surface area contributed by atoms with Crippen LogP contribution in [-0.2, 0) is 27.6 Å². The lowest BCUT2D eigenvalue weighted by molar-refractivity contribution is 0.0689. The van der Waals surface area contributed by atoms with Crippen molar-refractivity contribution in [2.75, 3.05) is 6.61 Å². The van der Waals surface area contributed by atoms with Crippen LogP contribution in [0.2, 0.25) is 5.02 Å². The molecular formula is C24H24ClNO3S. The third kappa shape index (κ3) is 4.60. The first-order chi connectivity index (χ1) is 14.4. The van der Waals surface area contributed by atoms with Crippen molar-refractivity contribution in [2.45, 2.75) is 36.9 Å². The smallest absolute Gasteiger partial charge is 0.245 e. The topological polar surface area (TPSA) is 46.6 Å². The van der Waals surface area contributed by atoms with Crippen molar-refractivity contribution in [2.24, 2.45) is 0 Å². The molecule has 4 rings (SSSR count). The Morgan fingerprint density at radius 1 is 0.933 bits per heavy atom. The van der Waals surface area contributed by atoms with E-state index in [9.17, 15) is 8.42 Å². The number of hydrogen-bond donors (Lipinski definition) is 0. The minimum Gasteiger partial charge on any atom is -0.360 e. The molecule has 6 heteroatoms. The van der Waals surface area contributed by atoms with Gasteiger partial charge in [0.15, 0.2) is 0 Å². The van der Waals surface area contributed by atoms with Crippen LogP contribution in [0.1, 0.15) is 16.7 Å². The number of benzene rings is 3. The summed E-state index contributed by atoms with van der Waals surface area (Å²) in [7, 11) is -3.73. The summed E-state index contributed by atoms with van der Waals surface area (Å²) in [4.78, 5) is 0.285. The summed E-state index contributed by atoms with van der Waals surface area (Å²) in [6, 6.07) is 24.1. The Morgan fingerprint density at radius 3 is 2.33 bits per heavy atom. The third-order valence-corrected chi connectivity index (χ3v) is 7.53. The number of sulfonamides is 1. The second-order valence-corrected chi connectivity index (χ2v) is 9.89. The van der Waals surface area contributed by atoms with Crippen LogP contribution in [0.15, 0.2) is 83.8 Å². The summed E-state index contributed by atoms with van der Waals surface area (Å²) >= 11 is 6.13. The molecule has 3 aromatic carbocycles. The van der Waals surface area contributed by atoms with Gasteiger partial charge in [0.1, 0.15) is 6.23 Å². The Labute approximate surface area is 183 Å². The number of hydrogen-bond acceptors (Lipinski definition) is 3. The maximum atomic E-state index is 13.6. The minimum absolute atomic E-state index is 0.275. The van der Waals surface area contributed by atoms with Gasteiger partial charge in [-0.15, -0.1) is 0 Å². The number of ether oxygens (including phenoxy) is 1. The SMILES string of the molecule is Cc1ccc(S(=O)(=O)N2[C@@H](Cc3ccccc3)CO[C@H]2Cc2cccc(Cl)c2)cc1. The van der Waals surface area contributed by atoms with E-state index in [1.54, 1.807) is 22.5 Å². The molecule has 1 aliphatic rings. The monoisotopic (exact) mass is 441 g/mol. The maximum absolute atomic E-state index is 13.6. The van der Waals surface area contributed by atoms with E-state index in [-0.39, 0.29) is 10.9 Å². The fourth-order valence-corrected chi connectivity index (χ4v) is 5.75. The lowest BCUT2D eigenvalue weighted by atomic mass is 10.1. The second kappa shape index (κ2) is 8.90. The van der Waals surface area contributed by atoms with Crippen LogP contribution >= 0.6 is 11.6 Å². The van der Waals surface area contributed by atoms with Gasteiger partial charge in [-0.1, -0.05) is 71.8 Å². The van der Waals surface area contributed by atoms with Gasteiger partial charge in [0.05, 0.1) is 17.5 Å². The van der Waals surface area contributed by atoms with Gasteiger partial charge in [-0.2, -0.15) is 4.31 Å². The zero-order valence-corrected chi connectivity index (χ0v) is 18.3. The predicted molar refractivity (Wildman–Crippen MR) is 119 cm³/mol. The molecule has 0 radical (unpaired) electrons. The van der Waals surface area contributed by atoms with Gasteiger partial charge in [-0.3, -0.25) is 0 Å². The van der Waals surface area contributed by atoms with E-state index < -0.39 is 16.3 Å². The maximum Gasteiger partial charge on any atom is 0.245 e. The molecule has 1 aliphatic heterocycles. The standard InChI is InChI=1S/C24H24ClNO3S/c1-18-10-12-23(13-11-18)30(27,28)26-22(15-19-6-3-2-4-7-19)17-29-24(26)16-20-8-5-9-21(25)14-20/h2-14,22,24H,15-17H2,1H3/t22-,24-/m0/s1. The molecule has 0 saturated carbocycles. The van der Waals surface area contributed by atoms with E-state index in [0.29, 0.717) is 24.5 Å². The van der Waals surface area contributed by atoms with Crippen LogP contribution in [0, 0.1) is 6.92 Å². The molecule has 1 heterocycles. The molecule has 3 aromatic rings. The molecule has 0 unspecified atom stereocenters. The molecule has 0 aromatic heterocycles. The van der Waals surface area contributed by atoms with E-state index in [1.807, 2.05) is 67.6 Å². The predicted octanol–water partition coefficient (Wildman–Crippen LogP) is 4.85. The summed E-state index contributed by atoms with van der Waals surface area (Å²) < 4.78 is 34.8. The van der Waals surface area contributed by atoms with Gasteiger partial charge in [0.25, 0.3) is 0 Å². The average molecular weight is 442 g/mol. The summed E-state index contributed by atoms with van der Waals surface area (Å²) in [5, 5.41) is 0.624. The third-order valence-electron chi connectivity index (χ3n) is 5.33. The Morgan fingerprint density at radius 2 is 1.63 bits per heavy atom. The first kappa shape index (κ1) is 21.1. The van der Waals surface area contributed by atoms with E-state index in [2.05, 4.69) is 0 Å². The van der Waals surface area contributed by atoms with Crippen LogP contribution in [0.5, 0.6) is 0 Å². The van der Waals surface area contributed by atoms with E-state index in [0.717, 1.165) is 16.7 Å². The lowest BCUT2D eigenvalue weighted by Crippen LogP contribution is -2.43. The number of halogens is 1. The van der Waals surface area contributed by atoms with Gasteiger partial charge >= 0.3 is 0 Å². The number of nitrogens with zero attached hydrogens (tertiary/aromatic N) is 1. The van der Waals surface area contributed by atoms with Crippen molar-refractivity contribution >= 4 is 21.6 Å². The minimum atomic E-state index is -3.73. The molecule has 0 spiro atoms. The van der Waals surface area contributed by atoms with Gasteiger partial charge in [0.2, 0.25) is 10.0 Å². The van der Waals surface area contributed by atoms with Crippen molar-refractivity contribution in [3.05, 3.63) is 101 Å². The Bertz CT molecular complexity index is 1100. The molecule has 2 atom stereocenters. The van der Waals surface area contributed by atoms with Crippen LogP contribution in [0.25, 0.3) is 0 Å². The summed E-state index contributed by atoms with van der Waals surface area (Å²) in [5.74, 6) is 0. The molecule has 1 saturated heterocycles. The Kier molecular flexibility index (Phi) is 6.25. The van der Waals surface area contributed by atoms with E-state index >= 15 is 0 Å². The van der Waals surface area contributed by atoms with Crippen molar-refractivity contribution in [3.63, 3.8) is 0 Å². The fourth-order valence-electron chi connectivity index (χ4n) is 3.84. The van der Waals surface area contributed by atoms with Gasteiger partial charge in [-0.25, -0.2) is 8.42 Å². The first-order valence-electron chi connectivity index (χ1n) is 9.94. The van der Waals surface area contributed by atoms with Crippen molar-refractivity contribution < 1.29 is 13.2 Å². The highest BCUT2D eigenvalue weighted by atomic mass is 35.5. The van der Waals surface area contributed by atoms with E-state index in [1.165, 1.54) is 0 Å². The molecule has 0 amide bonds. The fraction of sp³-hybridized carbons (Fsp3) is 0.250. The highest BCUT2D eigenvalue weighted by molar-refractivity contribution is 7.89. The average Bonchev–Trinajstić information content (AvgIpc) is 3.12. The molecule has 0 N–H and O–H groups in total. The molecule has 156 valence electrons. The second-order valence-electron chi connectivity index (χ2n) is 7.61. The van der Waals surface area contributed by atoms with Crippen molar-refractivity contribution in [1.82, 2.24) is 4.31 Å². The molecule has 0 aliphatic carbocycles. The van der Waals surface area contributed by atoms with Gasteiger partial charge in [-0.05, 0) is 48.7 Å². The zero-order chi connectivity index (χ0) is 21.1. The quantitative estimate of drug-likeness (QED) is 0.549. The zero-order valence-electron chi connectivity index (χ0n) is 16.7. The molecule has 4 nitrogen and oxygen atoms in total. The normalized spacial score (nSPS) is 19.8. The summed E-state index contributed by atoms with van der Waals surface area (Å²) in [5.41, 5.74) is 3.04. The molecular weight excluding hydrogens is 418 g/mol. The summed E-state index contributed by atoms with van der Waals surface area (Å²) in [6.07, 6.45) is 0.457. The molecule has 0 bridgehead atoms. The molecule has 1 fully saturated rings. The van der Waals surface area contributed by atoms with Crippen LogP contribution in [-0.4, -0.2) is 31.6 Å². The summed E-state index contributed by atoms with van der Waals surface area (Å²) in [6.45, 7) is 2.29. The number of aryl methyl sites for hydroxylation is 1. The van der Waals surface area contributed by atoms with Gasteiger partial charge in [0, 0.05) is 11.4 Å².